The SMILES string of the molecule is O=C1N/C(=C/c2ccc(OCc3ccc([N+](=O)[O-])cc3)c(I)c2)C(=O)N1c1cccc(Cl)c1. The molecular weight excluding hydrogens is 561 g/mol. The second kappa shape index (κ2) is 9.59. The van der Waals surface area contributed by atoms with Crippen molar-refractivity contribution in [3.8, 4) is 5.75 Å². The topological polar surface area (TPSA) is 102 Å². The Kier molecular flexibility index (Phi) is 6.61. The zero-order valence-electron chi connectivity index (χ0n) is 16.8. The highest BCUT2D eigenvalue weighted by molar-refractivity contribution is 14.1. The number of rotatable bonds is 6. The predicted molar refractivity (Wildman–Crippen MR) is 132 cm³/mol. The molecule has 10 heteroatoms. The molecule has 8 nitrogen and oxygen atoms in total. The van der Waals surface area contributed by atoms with E-state index in [9.17, 15) is 19.7 Å². The lowest BCUT2D eigenvalue weighted by molar-refractivity contribution is -0.384. The number of nitrogens with one attached hydrogen (secondary N) is 1. The highest BCUT2D eigenvalue weighted by Gasteiger charge is 2.34. The number of hydrogen-bond donors (Lipinski definition) is 1. The molecule has 1 aliphatic heterocycles. The molecule has 0 radical (unpaired) electrons. The second-order valence-electron chi connectivity index (χ2n) is 7.01. The van der Waals surface area contributed by atoms with Crippen LogP contribution in [0.5, 0.6) is 5.75 Å². The Balaban J connectivity index is 1.47. The van der Waals surface area contributed by atoms with Crippen LogP contribution in [0.4, 0.5) is 16.2 Å². The number of nitrogens with zero attached hydrogens (tertiary/aromatic N) is 2. The Morgan fingerprint density at radius 1 is 1.09 bits per heavy atom. The Hall–Kier alpha value is -3.44. The first-order valence-electron chi connectivity index (χ1n) is 9.60. The first-order chi connectivity index (χ1) is 15.8. The van der Waals surface area contributed by atoms with Crippen molar-refractivity contribution in [3.63, 3.8) is 0 Å². The van der Waals surface area contributed by atoms with E-state index in [1.165, 1.54) is 12.1 Å². The van der Waals surface area contributed by atoms with Gasteiger partial charge in [-0.1, -0.05) is 23.7 Å². The summed E-state index contributed by atoms with van der Waals surface area (Å²) in [5, 5.41) is 13.8. The summed E-state index contributed by atoms with van der Waals surface area (Å²) in [5.74, 6) is 0.147. The van der Waals surface area contributed by atoms with Crippen molar-refractivity contribution >= 4 is 63.6 Å². The number of carbonyl (C=O) groups excluding carboxylic acids is 2. The maximum atomic E-state index is 12.8. The van der Waals surface area contributed by atoms with Crippen molar-refractivity contribution in [3.05, 3.63) is 102 Å². The Morgan fingerprint density at radius 3 is 2.52 bits per heavy atom. The molecule has 0 aromatic heterocycles. The zero-order chi connectivity index (χ0) is 23.5. The van der Waals surface area contributed by atoms with Crippen molar-refractivity contribution in [1.82, 2.24) is 5.32 Å². The number of amides is 3. The molecule has 3 aromatic rings. The Bertz CT molecular complexity index is 1290. The van der Waals surface area contributed by atoms with E-state index in [4.69, 9.17) is 16.3 Å². The van der Waals surface area contributed by atoms with E-state index in [2.05, 4.69) is 27.9 Å². The molecule has 1 fully saturated rings. The summed E-state index contributed by atoms with van der Waals surface area (Å²) in [6.45, 7) is 0.248. The molecule has 0 atom stereocenters. The molecule has 0 unspecified atom stereocenters. The lowest BCUT2D eigenvalue weighted by atomic mass is 10.1. The maximum Gasteiger partial charge on any atom is 0.333 e. The average Bonchev–Trinajstić information content (AvgIpc) is 3.06. The van der Waals surface area contributed by atoms with Gasteiger partial charge in [-0.25, -0.2) is 9.69 Å². The summed E-state index contributed by atoms with van der Waals surface area (Å²) in [7, 11) is 0. The van der Waals surface area contributed by atoms with E-state index in [0.717, 1.165) is 14.0 Å². The monoisotopic (exact) mass is 575 g/mol. The standard InChI is InChI=1S/C23H15ClIN3O5/c24-16-2-1-3-18(12-16)27-22(29)20(26-23(27)30)11-15-6-9-21(19(25)10-15)33-13-14-4-7-17(8-5-14)28(31)32/h1-12H,13H2,(H,26,30)/b20-11+. The van der Waals surface area contributed by atoms with Gasteiger partial charge in [-0.15, -0.1) is 0 Å². The predicted octanol–water partition coefficient (Wildman–Crippen LogP) is 5.53. The molecule has 3 aromatic carbocycles. The van der Waals surface area contributed by atoms with E-state index in [1.54, 1.807) is 54.6 Å². The number of ether oxygens (including phenoxy) is 1. The number of nitro benzene ring substituents is 1. The van der Waals surface area contributed by atoms with E-state index >= 15 is 0 Å². The van der Waals surface area contributed by atoms with Crippen LogP contribution < -0.4 is 15.0 Å². The fraction of sp³-hybridized carbons (Fsp3) is 0.0435. The average molecular weight is 576 g/mol. The minimum atomic E-state index is -0.550. The van der Waals surface area contributed by atoms with Crippen LogP contribution in [0.3, 0.4) is 0 Å². The van der Waals surface area contributed by atoms with Crippen LogP contribution in [-0.4, -0.2) is 16.9 Å². The molecule has 0 saturated carbocycles. The van der Waals surface area contributed by atoms with Crippen LogP contribution in [0, 0.1) is 13.7 Å². The summed E-state index contributed by atoms with van der Waals surface area (Å²) in [6.07, 6.45) is 1.59. The quantitative estimate of drug-likeness (QED) is 0.137. The highest BCUT2D eigenvalue weighted by atomic mass is 127. The number of carbonyl (C=O) groups is 2. The van der Waals surface area contributed by atoms with Crippen LogP contribution in [0.1, 0.15) is 11.1 Å². The van der Waals surface area contributed by atoms with E-state index < -0.39 is 16.9 Å². The van der Waals surface area contributed by atoms with Gasteiger partial charge in [0.25, 0.3) is 11.6 Å². The fourth-order valence-corrected chi connectivity index (χ4v) is 4.03. The molecule has 1 aliphatic rings. The van der Waals surface area contributed by atoms with E-state index in [1.807, 2.05) is 6.07 Å². The van der Waals surface area contributed by atoms with Crippen molar-refractivity contribution in [1.29, 1.82) is 0 Å². The van der Waals surface area contributed by atoms with Gasteiger partial charge in [-0.05, 0) is 82.3 Å². The lowest BCUT2D eigenvalue weighted by Gasteiger charge is -2.11. The number of anilines is 1. The highest BCUT2D eigenvalue weighted by Crippen LogP contribution is 2.27. The van der Waals surface area contributed by atoms with Crippen LogP contribution in [-0.2, 0) is 11.4 Å². The second-order valence-corrected chi connectivity index (χ2v) is 8.61. The number of benzene rings is 3. The smallest absolute Gasteiger partial charge is 0.333 e. The molecule has 0 aliphatic carbocycles. The number of urea groups is 1. The minimum Gasteiger partial charge on any atom is -0.488 e. The normalized spacial score (nSPS) is 14.5. The minimum absolute atomic E-state index is 0.0215. The zero-order valence-corrected chi connectivity index (χ0v) is 19.7. The van der Waals surface area contributed by atoms with Gasteiger partial charge < -0.3 is 10.1 Å². The molecule has 3 amide bonds. The van der Waals surface area contributed by atoms with E-state index in [0.29, 0.717) is 22.0 Å². The Morgan fingerprint density at radius 2 is 1.85 bits per heavy atom. The van der Waals surface area contributed by atoms with Gasteiger partial charge in [-0.3, -0.25) is 14.9 Å². The van der Waals surface area contributed by atoms with Crippen LogP contribution in [0.15, 0.2) is 72.4 Å². The fourth-order valence-electron chi connectivity index (χ4n) is 3.15. The first kappa shape index (κ1) is 22.7. The first-order valence-corrected chi connectivity index (χ1v) is 11.1. The van der Waals surface area contributed by atoms with Gasteiger partial charge in [0, 0.05) is 17.2 Å². The summed E-state index contributed by atoms with van der Waals surface area (Å²) in [5.41, 5.74) is 2.06. The van der Waals surface area contributed by atoms with Gasteiger partial charge in [0.1, 0.15) is 18.1 Å². The van der Waals surface area contributed by atoms with Gasteiger partial charge in [0.2, 0.25) is 0 Å². The van der Waals surface area contributed by atoms with Crippen molar-refractivity contribution in [2.24, 2.45) is 0 Å². The molecule has 1 heterocycles. The largest absolute Gasteiger partial charge is 0.488 e. The summed E-state index contributed by atoms with van der Waals surface area (Å²) < 4.78 is 6.62. The van der Waals surface area contributed by atoms with Gasteiger partial charge in [-0.2, -0.15) is 0 Å². The van der Waals surface area contributed by atoms with Gasteiger partial charge in [0.05, 0.1) is 14.2 Å². The Labute approximate surface area is 207 Å². The van der Waals surface area contributed by atoms with Crippen molar-refractivity contribution < 1.29 is 19.2 Å². The van der Waals surface area contributed by atoms with Crippen LogP contribution in [0.2, 0.25) is 5.02 Å². The van der Waals surface area contributed by atoms with E-state index in [-0.39, 0.29) is 18.0 Å². The number of hydrogen-bond acceptors (Lipinski definition) is 5. The maximum absolute atomic E-state index is 12.8. The molecule has 1 saturated heterocycles. The third kappa shape index (κ3) is 5.15. The van der Waals surface area contributed by atoms with Crippen molar-refractivity contribution in [2.45, 2.75) is 6.61 Å². The third-order valence-electron chi connectivity index (χ3n) is 4.75. The summed E-state index contributed by atoms with van der Waals surface area (Å²) >= 11 is 8.09. The molecule has 166 valence electrons. The molecule has 33 heavy (non-hydrogen) atoms. The number of non-ortho nitro benzene ring substituents is 1. The molecule has 0 spiro atoms. The number of halogens is 2. The summed E-state index contributed by atoms with van der Waals surface area (Å²) in [6, 6.07) is 17.4. The van der Waals surface area contributed by atoms with Crippen LogP contribution >= 0.6 is 34.2 Å². The summed E-state index contributed by atoms with van der Waals surface area (Å²) in [4.78, 5) is 36.5. The number of nitro groups is 1. The molecule has 1 N–H and O–H groups in total. The van der Waals surface area contributed by atoms with Gasteiger partial charge >= 0.3 is 6.03 Å². The lowest BCUT2D eigenvalue weighted by Crippen LogP contribution is -2.30. The molecular formula is C23H15ClIN3O5. The van der Waals surface area contributed by atoms with Crippen molar-refractivity contribution in [2.75, 3.05) is 4.90 Å². The molecule has 0 bridgehead atoms. The third-order valence-corrected chi connectivity index (χ3v) is 5.83. The van der Waals surface area contributed by atoms with Crippen LogP contribution in [0.25, 0.3) is 6.08 Å². The molecule has 4 rings (SSSR count). The number of imide groups is 1. The van der Waals surface area contributed by atoms with Gasteiger partial charge in [0.15, 0.2) is 0 Å².